The molecule has 0 spiro atoms. The fraction of sp³-hybridized carbons (Fsp3) is 0.429. The van der Waals surface area contributed by atoms with Gasteiger partial charge in [-0.2, -0.15) is 13.2 Å². The standard InChI is InChI=1S/C14H17F3N4O3S/c1-9-13(10(2)24-21-9)25(22,23)20-7-3-6-18-12-5-4-11(8-19-12)14(15,16)17/h4-5,8,20H,3,6-7H2,1-2H3,(H,18,19). The first-order valence-electron chi connectivity index (χ1n) is 7.31. The zero-order chi connectivity index (χ0) is 18.7. The molecule has 2 heterocycles. The van der Waals surface area contributed by atoms with Crippen LogP contribution in [-0.2, 0) is 16.2 Å². The number of anilines is 1. The van der Waals surface area contributed by atoms with Crippen molar-refractivity contribution in [3.8, 4) is 0 Å². The number of aryl methyl sites for hydroxylation is 2. The summed E-state index contributed by atoms with van der Waals surface area (Å²) in [4.78, 5) is 3.68. The number of sulfonamides is 1. The molecule has 0 amide bonds. The Hall–Kier alpha value is -2.14. The Morgan fingerprint density at radius 3 is 2.44 bits per heavy atom. The summed E-state index contributed by atoms with van der Waals surface area (Å²) in [5.74, 6) is 0.485. The summed E-state index contributed by atoms with van der Waals surface area (Å²) < 4.78 is 68.8. The first-order valence-corrected chi connectivity index (χ1v) is 8.79. The van der Waals surface area contributed by atoms with Gasteiger partial charge in [-0.05, 0) is 32.4 Å². The predicted octanol–water partition coefficient (Wildman–Crippen LogP) is 2.49. The third-order valence-corrected chi connectivity index (χ3v) is 4.98. The number of halogens is 3. The topological polar surface area (TPSA) is 97.1 Å². The lowest BCUT2D eigenvalue weighted by Gasteiger charge is -2.09. The first kappa shape index (κ1) is 19.2. The molecular formula is C14H17F3N4O3S. The maximum Gasteiger partial charge on any atom is 0.417 e. The Kier molecular flexibility index (Phi) is 5.68. The monoisotopic (exact) mass is 378 g/mol. The molecule has 0 saturated heterocycles. The van der Waals surface area contributed by atoms with Crippen LogP contribution >= 0.6 is 0 Å². The summed E-state index contributed by atoms with van der Waals surface area (Å²) >= 11 is 0. The van der Waals surface area contributed by atoms with Gasteiger partial charge in [-0.25, -0.2) is 18.1 Å². The molecule has 0 bridgehead atoms. The second kappa shape index (κ2) is 7.40. The zero-order valence-corrected chi connectivity index (χ0v) is 14.3. The van der Waals surface area contributed by atoms with E-state index in [2.05, 4.69) is 20.2 Å². The average Bonchev–Trinajstić information content (AvgIpc) is 2.86. The predicted molar refractivity (Wildman–Crippen MR) is 83.5 cm³/mol. The van der Waals surface area contributed by atoms with Crippen molar-refractivity contribution in [3.05, 3.63) is 35.3 Å². The van der Waals surface area contributed by atoms with E-state index < -0.39 is 21.8 Å². The van der Waals surface area contributed by atoms with Crippen molar-refractivity contribution >= 4 is 15.8 Å². The van der Waals surface area contributed by atoms with Crippen molar-refractivity contribution in [2.75, 3.05) is 18.4 Å². The third kappa shape index (κ3) is 4.92. The third-order valence-electron chi connectivity index (χ3n) is 3.28. The number of pyridine rings is 1. The lowest BCUT2D eigenvalue weighted by Crippen LogP contribution is -2.27. The maximum atomic E-state index is 12.4. The van der Waals surface area contributed by atoms with E-state index in [1.165, 1.54) is 19.9 Å². The largest absolute Gasteiger partial charge is 0.417 e. The van der Waals surface area contributed by atoms with Crippen LogP contribution in [0.4, 0.5) is 19.0 Å². The van der Waals surface area contributed by atoms with Gasteiger partial charge in [-0.15, -0.1) is 0 Å². The minimum absolute atomic E-state index is 0.0184. The molecule has 0 aliphatic rings. The molecule has 0 fully saturated rings. The van der Waals surface area contributed by atoms with E-state index >= 15 is 0 Å². The molecule has 0 unspecified atom stereocenters. The van der Waals surface area contributed by atoms with Gasteiger partial charge in [0.2, 0.25) is 10.0 Å². The second-order valence-electron chi connectivity index (χ2n) is 5.26. The molecule has 0 saturated carbocycles. The van der Waals surface area contributed by atoms with Crippen LogP contribution in [0.25, 0.3) is 0 Å². The Balaban J connectivity index is 1.80. The Morgan fingerprint density at radius 1 is 1.20 bits per heavy atom. The lowest BCUT2D eigenvalue weighted by atomic mass is 10.3. The van der Waals surface area contributed by atoms with Gasteiger partial charge >= 0.3 is 6.18 Å². The minimum atomic E-state index is -4.43. The molecule has 7 nitrogen and oxygen atoms in total. The number of nitrogens with zero attached hydrogens (tertiary/aromatic N) is 2. The lowest BCUT2D eigenvalue weighted by molar-refractivity contribution is -0.137. The highest BCUT2D eigenvalue weighted by molar-refractivity contribution is 7.89. The van der Waals surface area contributed by atoms with E-state index in [9.17, 15) is 21.6 Å². The Labute approximate surface area is 142 Å². The second-order valence-corrected chi connectivity index (χ2v) is 6.97. The van der Waals surface area contributed by atoms with Gasteiger partial charge in [0.05, 0.1) is 5.56 Å². The van der Waals surface area contributed by atoms with E-state index in [1.54, 1.807) is 0 Å². The smallest absolute Gasteiger partial charge is 0.370 e. The van der Waals surface area contributed by atoms with Crippen molar-refractivity contribution < 1.29 is 26.1 Å². The van der Waals surface area contributed by atoms with Gasteiger partial charge in [0, 0.05) is 19.3 Å². The van der Waals surface area contributed by atoms with Crippen LogP contribution < -0.4 is 10.0 Å². The normalized spacial score (nSPS) is 12.4. The Morgan fingerprint density at radius 2 is 1.92 bits per heavy atom. The van der Waals surface area contributed by atoms with Crippen molar-refractivity contribution in [2.45, 2.75) is 31.3 Å². The molecule has 0 aliphatic heterocycles. The molecule has 0 atom stereocenters. The summed E-state index contributed by atoms with van der Waals surface area (Å²) in [7, 11) is -3.72. The number of aromatic nitrogens is 2. The van der Waals surface area contributed by atoms with Crippen LogP contribution in [0.3, 0.4) is 0 Å². The van der Waals surface area contributed by atoms with Gasteiger partial charge in [-0.3, -0.25) is 0 Å². The minimum Gasteiger partial charge on any atom is -0.370 e. The highest BCUT2D eigenvalue weighted by Gasteiger charge is 2.30. The molecule has 0 aliphatic carbocycles. The fourth-order valence-electron chi connectivity index (χ4n) is 2.11. The van der Waals surface area contributed by atoms with Crippen molar-refractivity contribution in [1.82, 2.24) is 14.9 Å². The van der Waals surface area contributed by atoms with Gasteiger partial charge in [0.25, 0.3) is 0 Å². The van der Waals surface area contributed by atoms with Gasteiger partial charge in [0.15, 0.2) is 5.76 Å². The molecule has 25 heavy (non-hydrogen) atoms. The van der Waals surface area contributed by atoms with Crippen molar-refractivity contribution in [3.63, 3.8) is 0 Å². The van der Waals surface area contributed by atoms with E-state index in [4.69, 9.17) is 4.52 Å². The van der Waals surface area contributed by atoms with E-state index in [0.717, 1.165) is 12.3 Å². The molecule has 0 radical (unpaired) electrons. The summed E-state index contributed by atoms with van der Waals surface area (Å²) in [6.07, 6.45) is -3.28. The van der Waals surface area contributed by atoms with Crippen molar-refractivity contribution in [2.24, 2.45) is 0 Å². The number of rotatable bonds is 7. The molecule has 138 valence electrons. The van der Waals surface area contributed by atoms with E-state index in [0.29, 0.717) is 13.0 Å². The maximum absolute atomic E-state index is 12.4. The first-order chi connectivity index (χ1) is 11.6. The average molecular weight is 378 g/mol. The molecule has 0 aromatic carbocycles. The fourth-order valence-corrected chi connectivity index (χ4v) is 3.51. The van der Waals surface area contributed by atoms with E-state index in [-0.39, 0.29) is 28.7 Å². The van der Waals surface area contributed by atoms with Crippen LogP contribution in [0.5, 0.6) is 0 Å². The molecule has 2 rings (SSSR count). The quantitative estimate of drug-likeness (QED) is 0.719. The number of alkyl halides is 3. The number of hydrogen-bond acceptors (Lipinski definition) is 6. The number of hydrogen-bond donors (Lipinski definition) is 2. The van der Waals surface area contributed by atoms with Crippen LogP contribution in [-0.4, -0.2) is 31.6 Å². The van der Waals surface area contributed by atoms with Crippen LogP contribution in [0.15, 0.2) is 27.7 Å². The summed E-state index contributed by atoms with van der Waals surface area (Å²) in [6.45, 7) is 3.51. The van der Waals surface area contributed by atoms with Crippen molar-refractivity contribution in [1.29, 1.82) is 0 Å². The molecule has 2 aromatic heterocycles. The molecule has 11 heteroatoms. The van der Waals surface area contributed by atoms with Gasteiger partial charge in [-0.1, -0.05) is 5.16 Å². The summed E-state index contributed by atoms with van der Waals surface area (Å²) in [5.41, 5.74) is -0.553. The summed E-state index contributed by atoms with van der Waals surface area (Å²) in [5, 5.41) is 6.42. The van der Waals surface area contributed by atoms with Crippen LogP contribution in [0.1, 0.15) is 23.4 Å². The zero-order valence-electron chi connectivity index (χ0n) is 13.5. The van der Waals surface area contributed by atoms with Crippen LogP contribution in [0, 0.1) is 13.8 Å². The van der Waals surface area contributed by atoms with Gasteiger partial charge < -0.3 is 9.84 Å². The SMILES string of the molecule is Cc1noc(C)c1S(=O)(=O)NCCCNc1ccc(C(F)(F)F)cn1. The Bertz CT molecular complexity index is 797. The van der Waals surface area contributed by atoms with Crippen LogP contribution in [0.2, 0.25) is 0 Å². The van der Waals surface area contributed by atoms with E-state index in [1.807, 2.05) is 0 Å². The molecule has 2 N–H and O–H groups in total. The highest BCUT2D eigenvalue weighted by Crippen LogP contribution is 2.28. The highest BCUT2D eigenvalue weighted by atomic mass is 32.2. The number of nitrogens with one attached hydrogen (secondary N) is 2. The molecule has 2 aromatic rings. The van der Waals surface area contributed by atoms with Gasteiger partial charge in [0.1, 0.15) is 16.4 Å². The molecular weight excluding hydrogens is 361 g/mol. The summed E-state index contributed by atoms with van der Waals surface area (Å²) in [6, 6.07) is 2.15.